The quantitative estimate of drug-likeness (QED) is 0.442. The second kappa shape index (κ2) is 8.21. The Bertz CT molecular complexity index is 99.4. The molecule has 10 heavy (non-hydrogen) atoms. The molecule has 0 aromatic rings. The minimum Gasteiger partial charge on any atom is -0.325 e. The van der Waals surface area contributed by atoms with Crippen LogP contribution in [0.2, 0.25) is 0 Å². The maximum Gasteiger partial charge on any atom is 0.313 e. The lowest BCUT2D eigenvalue weighted by Crippen LogP contribution is -1.97. The standard InChI is InChI=1S/C8H14NO/c1-2-3-4-5-6-7-9-8-10/h6-7H,2-5H2,1H3,(H,9,10). The van der Waals surface area contributed by atoms with Crippen molar-refractivity contribution in [3.05, 3.63) is 12.3 Å². The first-order chi connectivity index (χ1) is 4.91. The van der Waals surface area contributed by atoms with Crippen molar-refractivity contribution in [2.45, 2.75) is 32.6 Å². The van der Waals surface area contributed by atoms with E-state index < -0.39 is 0 Å². The third-order valence-corrected chi connectivity index (χ3v) is 1.23. The van der Waals surface area contributed by atoms with Gasteiger partial charge in [0.25, 0.3) is 0 Å². The van der Waals surface area contributed by atoms with Gasteiger partial charge >= 0.3 is 6.41 Å². The van der Waals surface area contributed by atoms with Crippen LogP contribution in [0.5, 0.6) is 0 Å². The van der Waals surface area contributed by atoms with Crippen LogP contribution in [0.4, 0.5) is 0 Å². The van der Waals surface area contributed by atoms with Crippen LogP contribution < -0.4 is 5.32 Å². The zero-order valence-electron chi connectivity index (χ0n) is 6.39. The van der Waals surface area contributed by atoms with E-state index in [1.165, 1.54) is 19.3 Å². The van der Waals surface area contributed by atoms with E-state index in [9.17, 15) is 4.79 Å². The fourth-order valence-electron chi connectivity index (χ4n) is 0.688. The summed E-state index contributed by atoms with van der Waals surface area (Å²) < 4.78 is 0. The number of hydrogen-bond donors (Lipinski definition) is 1. The van der Waals surface area contributed by atoms with E-state index in [0.29, 0.717) is 0 Å². The topological polar surface area (TPSA) is 29.1 Å². The summed E-state index contributed by atoms with van der Waals surface area (Å²) in [6.07, 6.45) is 9.89. The van der Waals surface area contributed by atoms with Crippen LogP contribution in [-0.2, 0) is 4.79 Å². The van der Waals surface area contributed by atoms with E-state index in [-0.39, 0.29) is 0 Å². The molecule has 1 radical (unpaired) electrons. The Kier molecular flexibility index (Phi) is 7.56. The molecule has 1 amide bonds. The van der Waals surface area contributed by atoms with Crippen molar-refractivity contribution in [3.8, 4) is 0 Å². The summed E-state index contributed by atoms with van der Waals surface area (Å²) in [5.74, 6) is 0. The van der Waals surface area contributed by atoms with Gasteiger partial charge in [-0.3, -0.25) is 4.79 Å². The Morgan fingerprint density at radius 2 is 2.30 bits per heavy atom. The summed E-state index contributed by atoms with van der Waals surface area (Å²) in [7, 11) is 0. The Balaban J connectivity index is 2.94. The normalized spacial score (nSPS) is 10.1. The lowest BCUT2D eigenvalue weighted by Gasteiger charge is -1.90. The van der Waals surface area contributed by atoms with Gasteiger partial charge in [0.1, 0.15) is 0 Å². The fraction of sp³-hybridized carbons (Fsp3) is 0.625. The van der Waals surface area contributed by atoms with E-state index in [1.54, 1.807) is 12.6 Å². The summed E-state index contributed by atoms with van der Waals surface area (Å²) in [5, 5.41) is 2.34. The molecule has 0 aliphatic heterocycles. The number of unbranched alkanes of at least 4 members (excludes halogenated alkanes) is 3. The lowest BCUT2D eigenvalue weighted by atomic mass is 10.2. The summed E-state index contributed by atoms with van der Waals surface area (Å²) in [5.41, 5.74) is 0. The van der Waals surface area contributed by atoms with Gasteiger partial charge in [-0.15, -0.1) is 0 Å². The average molecular weight is 140 g/mol. The Morgan fingerprint density at radius 1 is 1.50 bits per heavy atom. The van der Waals surface area contributed by atoms with Crippen LogP contribution in [0.15, 0.2) is 12.3 Å². The molecule has 0 rings (SSSR count). The lowest BCUT2D eigenvalue weighted by molar-refractivity contribution is 0.550. The van der Waals surface area contributed by atoms with Crippen molar-refractivity contribution >= 4 is 6.41 Å². The predicted octanol–water partition coefficient (Wildman–Crippen LogP) is 1.74. The molecule has 2 nitrogen and oxygen atoms in total. The van der Waals surface area contributed by atoms with Gasteiger partial charge in [-0.1, -0.05) is 25.8 Å². The largest absolute Gasteiger partial charge is 0.325 e. The first kappa shape index (κ1) is 9.21. The molecule has 0 saturated heterocycles. The summed E-state index contributed by atoms with van der Waals surface area (Å²) in [4.78, 5) is 9.61. The summed E-state index contributed by atoms with van der Waals surface area (Å²) >= 11 is 0. The minimum atomic E-state index is 1.04. The highest BCUT2D eigenvalue weighted by atomic mass is 16.1. The van der Waals surface area contributed by atoms with Crippen LogP contribution in [0.25, 0.3) is 0 Å². The number of rotatable bonds is 6. The SMILES string of the molecule is CCCCCC=CN[C]=O. The third-order valence-electron chi connectivity index (χ3n) is 1.23. The molecule has 0 bridgehead atoms. The van der Waals surface area contributed by atoms with Gasteiger partial charge < -0.3 is 5.32 Å². The van der Waals surface area contributed by atoms with Crippen molar-refractivity contribution in [3.63, 3.8) is 0 Å². The molecule has 0 saturated carbocycles. The van der Waals surface area contributed by atoms with Gasteiger partial charge in [0.2, 0.25) is 0 Å². The van der Waals surface area contributed by atoms with Crippen LogP contribution in [0.3, 0.4) is 0 Å². The molecule has 1 N–H and O–H groups in total. The molecule has 0 fully saturated rings. The van der Waals surface area contributed by atoms with E-state index >= 15 is 0 Å². The van der Waals surface area contributed by atoms with Gasteiger partial charge in [0.05, 0.1) is 0 Å². The van der Waals surface area contributed by atoms with Gasteiger partial charge in [-0.05, 0) is 12.8 Å². The minimum absolute atomic E-state index is 1.04. The highest BCUT2D eigenvalue weighted by molar-refractivity contribution is 5.48. The molecule has 0 aliphatic carbocycles. The maximum atomic E-state index is 9.61. The molecule has 2 heteroatoms. The molecule has 0 aliphatic rings. The van der Waals surface area contributed by atoms with Crippen LogP contribution >= 0.6 is 0 Å². The number of amides is 1. The number of hydrogen-bond acceptors (Lipinski definition) is 1. The first-order valence-electron chi connectivity index (χ1n) is 3.69. The van der Waals surface area contributed by atoms with Crippen molar-refractivity contribution < 1.29 is 4.79 Å². The zero-order chi connectivity index (χ0) is 7.66. The second-order valence-electron chi connectivity index (χ2n) is 2.14. The van der Waals surface area contributed by atoms with Crippen molar-refractivity contribution in [2.24, 2.45) is 0 Å². The smallest absolute Gasteiger partial charge is 0.313 e. The Morgan fingerprint density at radius 3 is 2.90 bits per heavy atom. The monoisotopic (exact) mass is 140 g/mol. The summed E-state index contributed by atoms with van der Waals surface area (Å²) in [6.45, 7) is 2.17. The van der Waals surface area contributed by atoms with Crippen LogP contribution in [0.1, 0.15) is 32.6 Å². The van der Waals surface area contributed by atoms with Crippen molar-refractivity contribution in [1.29, 1.82) is 0 Å². The number of allylic oxidation sites excluding steroid dienone is 1. The van der Waals surface area contributed by atoms with Gasteiger partial charge in [-0.2, -0.15) is 0 Å². The van der Waals surface area contributed by atoms with Crippen LogP contribution in [0, 0.1) is 0 Å². The van der Waals surface area contributed by atoms with E-state index in [0.717, 1.165) is 6.42 Å². The average Bonchev–Trinajstić information content (AvgIpc) is 1.97. The van der Waals surface area contributed by atoms with Gasteiger partial charge in [0.15, 0.2) is 0 Å². The summed E-state index contributed by atoms with van der Waals surface area (Å²) in [6, 6.07) is 0. The Labute approximate surface area is 62.3 Å². The highest BCUT2D eigenvalue weighted by Crippen LogP contribution is 1.98. The molecule has 0 spiro atoms. The molecular formula is C8H14NO. The van der Waals surface area contributed by atoms with E-state index in [1.807, 2.05) is 6.08 Å². The van der Waals surface area contributed by atoms with E-state index in [4.69, 9.17) is 0 Å². The highest BCUT2D eigenvalue weighted by Gasteiger charge is 1.80. The van der Waals surface area contributed by atoms with Crippen molar-refractivity contribution in [1.82, 2.24) is 5.32 Å². The molecule has 0 aromatic heterocycles. The molecule has 0 atom stereocenters. The van der Waals surface area contributed by atoms with E-state index in [2.05, 4.69) is 12.2 Å². The molecule has 0 heterocycles. The van der Waals surface area contributed by atoms with Crippen molar-refractivity contribution in [2.75, 3.05) is 0 Å². The number of carbonyl (C=O) groups excluding carboxylic acids is 1. The van der Waals surface area contributed by atoms with Gasteiger partial charge in [-0.25, -0.2) is 0 Å². The predicted molar refractivity (Wildman–Crippen MR) is 42.1 cm³/mol. The second-order valence-corrected chi connectivity index (χ2v) is 2.14. The molecule has 0 unspecified atom stereocenters. The first-order valence-corrected chi connectivity index (χ1v) is 3.69. The zero-order valence-corrected chi connectivity index (χ0v) is 6.39. The number of nitrogens with one attached hydrogen (secondary N) is 1. The van der Waals surface area contributed by atoms with Crippen LogP contribution in [-0.4, -0.2) is 6.41 Å². The molecule has 0 aromatic carbocycles. The molecular weight excluding hydrogens is 126 g/mol. The fourth-order valence-corrected chi connectivity index (χ4v) is 0.688. The van der Waals surface area contributed by atoms with Gasteiger partial charge in [0, 0.05) is 6.20 Å². The third kappa shape index (κ3) is 7.21. The molecule has 57 valence electrons. The maximum absolute atomic E-state index is 9.61. The Hall–Kier alpha value is -0.790.